The highest BCUT2D eigenvalue weighted by Gasteiger charge is 2.34. The van der Waals surface area contributed by atoms with Crippen molar-refractivity contribution in [1.29, 1.82) is 0 Å². The largest absolute Gasteiger partial charge is 0.464 e. The summed E-state index contributed by atoms with van der Waals surface area (Å²) in [4.78, 5) is 31.6. The predicted octanol–water partition coefficient (Wildman–Crippen LogP) is 5.88. The topological polar surface area (TPSA) is 58.7 Å². The second-order valence-corrected chi connectivity index (χ2v) is 11.0. The maximum Gasteiger partial charge on any atom is 0.235 e. The van der Waals surface area contributed by atoms with Gasteiger partial charge >= 0.3 is 0 Å². The van der Waals surface area contributed by atoms with Gasteiger partial charge in [-0.25, -0.2) is 0 Å². The van der Waals surface area contributed by atoms with Crippen LogP contribution >= 0.6 is 0 Å². The van der Waals surface area contributed by atoms with Crippen LogP contribution in [-0.2, 0) is 29.6 Å². The van der Waals surface area contributed by atoms with Crippen molar-refractivity contribution in [1.82, 2.24) is 14.4 Å². The Morgan fingerprint density at radius 3 is 2.27 bits per heavy atom. The minimum Gasteiger partial charge on any atom is -0.464 e. The molecule has 0 bridgehead atoms. The van der Waals surface area contributed by atoms with Crippen molar-refractivity contribution >= 4 is 33.7 Å². The molecule has 37 heavy (non-hydrogen) atoms. The maximum absolute atomic E-state index is 14.0. The number of nitrogens with zero attached hydrogens (tertiary/aromatic N) is 3. The van der Waals surface area contributed by atoms with Gasteiger partial charge in [0, 0.05) is 56.7 Å². The van der Waals surface area contributed by atoms with Gasteiger partial charge < -0.3 is 18.8 Å². The molecule has 0 aliphatic rings. The van der Waals surface area contributed by atoms with Gasteiger partial charge in [-0.3, -0.25) is 9.59 Å². The van der Waals surface area contributed by atoms with Gasteiger partial charge in [-0.15, -0.1) is 0 Å². The Balaban J connectivity index is 1.64. The lowest BCUT2D eigenvalue weighted by atomic mass is 9.97. The van der Waals surface area contributed by atoms with E-state index in [1.807, 2.05) is 48.3 Å². The van der Waals surface area contributed by atoms with E-state index in [4.69, 9.17) is 4.42 Å². The van der Waals surface area contributed by atoms with Crippen molar-refractivity contribution in [2.24, 2.45) is 24.8 Å². The fourth-order valence-electron chi connectivity index (χ4n) is 5.12. The number of carbonyl (C=O) groups excluding carboxylic acids is 2. The molecule has 196 valence electrons. The fraction of sp³-hybridized carbons (Fsp3) is 0.419. The molecule has 1 unspecified atom stereocenters. The molecule has 2 heterocycles. The van der Waals surface area contributed by atoms with Gasteiger partial charge in [0.1, 0.15) is 11.5 Å². The van der Waals surface area contributed by atoms with Gasteiger partial charge in [0.05, 0.1) is 6.26 Å². The number of amides is 2. The van der Waals surface area contributed by atoms with Crippen LogP contribution < -0.4 is 0 Å². The standard InChI is InChI=1S/C31H39N3O3/c1-21(2)18-34(19-22(3)4)31(36)27(17-26-16-24-9-7-8-10-28(24)33(26)6)30(35)32(5)20-23-11-12-29-25(15-23)13-14-37-29/h7-16,21-22,27H,17-20H2,1-6H3. The van der Waals surface area contributed by atoms with Crippen molar-refractivity contribution in [2.45, 2.75) is 40.7 Å². The second kappa shape index (κ2) is 11.2. The summed E-state index contributed by atoms with van der Waals surface area (Å²) in [6.07, 6.45) is 2.03. The highest BCUT2D eigenvalue weighted by atomic mass is 16.3. The number of hydrogen-bond donors (Lipinski definition) is 0. The summed E-state index contributed by atoms with van der Waals surface area (Å²) in [6.45, 7) is 10.1. The van der Waals surface area contributed by atoms with Crippen molar-refractivity contribution in [2.75, 3.05) is 20.1 Å². The van der Waals surface area contributed by atoms with Crippen LogP contribution in [0.15, 0.2) is 65.3 Å². The number of aromatic nitrogens is 1. The first-order valence-corrected chi connectivity index (χ1v) is 13.2. The maximum atomic E-state index is 14.0. The first-order valence-electron chi connectivity index (χ1n) is 13.2. The van der Waals surface area contributed by atoms with Gasteiger partial charge in [0.15, 0.2) is 0 Å². The Morgan fingerprint density at radius 1 is 0.892 bits per heavy atom. The van der Waals surface area contributed by atoms with E-state index in [1.54, 1.807) is 18.2 Å². The summed E-state index contributed by atoms with van der Waals surface area (Å²) in [6, 6.07) is 18.1. The summed E-state index contributed by atoms with van der Waals surface area (Å²) < 4.78 is 7.56. The number of furan rings is 1. The number of hydrogen-bond acceptors (Lipinski definition) is 3. The highest BCUT2D eigenvalue weighted by molar-refractivity contribution is 6.00. The number of fused-ring (bicyclic) bond motifs is 2. The lowest BCUT2D eigenvalue weighted by Gasteiger charge is -2.31. The quantitative estimate of drug-likeness (QED) is 0.255. The Kier molecular flexibility index (Phi) is 8.06. The molecule has 2 aromatic heterocycles. The van der Waals surface area contributed by atoms with E-state index in [-0.39, 0.29) is 11.8 Å². The first kappa shape index (κ1) is 26.5. The summed E-state index contributed by atoms with van der Waals surface area (Å²) in [5, 5.41) is 2.11. The number of carbonyl (C=O) groups is 2. The Bertz CT molecular complexity index is 1370. The normalized spacial score (nSPS) is 12.5. The van der Waals surface area contributed by atoms with Gasteiger partial charge in [0.2, 0.25) is 11.8 Å². The number of benzene rings is 2. The first-order chi connectivity index (χ1) is 17.6. The van der Waals surface area contributed by atoms with Gasteiger partial charge in [-0.2, -0.15) is 0 Å². The van der Waals surface area contributed by atoms with Crippen molar-refractivity contribution in [3.05, 3.63) is 72.1 Å². The third-order valence-electron chi connectivity index (χ3n) is 6.86. The summed E-state index contributed by atoms with van der Waals surface area (Å²) in [5.41, 5.74) is 3.90. The molecule has 4 rings (SSSR count). The van der Waals surface area contributed by atoms with Gasteiger partial charge in [-0.05, 0) is 53.1 Å². The lowest BCUT2D eigenvalue weighted by Crippen LogP contribution is -2.47. The SMILES string of the molecule is CC(C)CN(CC(C)C)C(=O)C(Cc1cc2ccccc2n1C)C(=O)N(C)Cc1ccc2occc2c1. The zero-order valence-corrected chi connectivity index (χ0v) is 22.9. The molecule has 2 amide bonds. The third-order valence-corrected chi connectivity index (χ3v) is 6.86. The number of rotatable bonds is 10. The van der Waals surface area contributed by atoms with Crippen LogP contribution in [0, 0.1) is 17.8 Å². The Morgan fingerprint density at radius 2 is 1.59 bits per heavy atom. The smallest absolute Gasteiger partial charge is 0.235 e. The highest BCUT2D eigenvalue weighted by Crippen LogP contribution is 2.24. The molecule has 0 radical (unpaired) electrons. The molecule has 0 N–H and O–H groups in total. The van der Waals surface area contributed by atoms with E-state index in [1.165, 1.54) is 0 Å². The molecule has 2 aromatic carbocycles. The average molecular weight is 502 g/mol. The summed E-state index contributed by atoms with van der Waals surface area (Å²) >= 11 is 0. The molecule has 0 saturated carbocycles. The molecular weight excluding hydrogens is 462 g/mol. The summed E-state index contributed by atoms with van der Waals surface area (Å²) in [7, 11) is 3.80. The minimum absolute atomic E-state index is 0.0882. The molecule has 0 aliphatic heterocycles. The van der Waals surface area contributed by atoms with Gasteiger partial charge in [0.25, 0.3) is 0 Å². The van der Waals surface area contributed by atoms with Crippen molar-refractivity contribution < 1.29 is 14.0 Å². The number of para-hydroxylation sites is 1. The van der Waals surface area contributed by atoms with E-state index in [0.717, 1.165) is 33.1 Å². The second-order valence-electron chi connectivity index (χ2n) is 11.0. The summed E-state index contributed by atoms with van der Waals surface area (Å²) in [5.74, 6) is -0.399. The molecule has 0 aliphatic carbocycles. The van der Waals surface area contributed by atoms with Crippen LogP contribution in [-0.4, -0.2) is 46.3 Å². The van der Waals surface area contributed by atoms with Crippen LogP contribution in [0.2, 0.25) is 0 Å². The predicted molar refractivity (Wildman–Crippen MR) is 149 cm³/mol. The van der Waals surface area contributed by atoms with Crippen LogP contribution in [0.1, 0.15) is 39.0 Å². The van der Waals surface area contributed by atoms with E-state index in [9.17, 15) is 9.59 Å². The lowest BCUT2D eigenvalue weighted by molar-refractivity contribution is -0.147. The molecule has 4 aromatic rings. The molecule has 0 spiro atoms. The Labute approximate surface area is 219 Å². The fourth-order valence-corrected chi connectivity index (χ4v) is 5.12. The van der Waals surface area contributed by atoms with E-state index < -0.39 is 5.92 Å². The molecule has 0 fully saturated rings. The zero-order valence-electron chi connectivity index (χ0n) is 22.9. The number of aryl methyl sites for hydroxylation is 1. The molecule has 6 heteroatoms. The van der Waals surface area contributed by atoms with Crippen molar-refractivity contribution in [3.63, 3.8) is 0 Å². The van der Waals surface area contributed by atoms with Crippen LogP contribution in [0.25, 0.3) is 21.9 Å². The monoisotopic (exact) mass is 501 g/mol. The molecule has 1 atom stereocenters. The average Bonchev–Trinajstić information content (AvgIpc) is 3.44. The molecule has 6 nitrogen and oxygen atoms in total. The van der Waals surface area contributed by atoms with E-state index in [0.29, 0.717) is 37.9 Å². The minimum atomic E-state index is -0.789. The molecule has 0 saturated heterocycles. The van der Waals surface area contributed by atoms with E-state index >= 15 is 0 Å². The van der Waals surface area contributed by atoms with Crippen LogP contribution in [0.5, 0.6) is 0 Å². The van der Waals surface area contributed by atoms with Crippen molar-refractivity contribution in [3.8, 4) is 0 Å². The Hall–Kier alpha value is -3.54. The third kappa shape index (κ3) is 6.07. The van der Waals surface area contributed by atoms with Crippen LogP contribution in [0.4, 0.5) is 0 Å². The molecular formula is C31H39N3O3. The zero-order chi connectivity index (χ0) is 26.7. The van der Waals surface area contributed by atoms with Crippen LogP contribution in [0.3, 0.4) is 0 Å². The van der Waals surface area contributed by atoms with Gasteiger partial charge in [-0.1, -0.05) is 52.0 Å². The van der Waals surface area contributed by atoms with E-state index in [2.05, 4.69) is 50.5 Å².